The molecule has 10 N–H and O–H groups in total. The Morgan fingerprint density at radius 2 is 0.875 bits per heavy atom. The average Bonchev–Trinajstić information content (AvgIpc) is 2.57. The van der Waals surface area contributed by atoms with Crippen LogP contribution in [0.15, 0.2) is 72.8 Å². The van der Waals surface area contributed by atoms with Gasteiger partial charge in [-0.15, -0.1) is 0 Å². The van der Waals surface area contributed by atoms with E-state index in [0.717, 1.165) is 11.4 Å². The van der Waals surface area contributed by atoms with Crippen LogP contribution in [0.2, 0.25) is 0 Å². The van der Waals surface area contributed by atoms with Gasteiger partial charge in [0.1, 0.15) is 11.5 Å². The molecule has 0 unspecified atom stereocenters. The molecule has 3 aromatic carbocycles. The summed E-state index contributed by atoms with van der Waals surface area (Å²) in [5.41, 5.74) is 23.9. The normalized spacial score (nSPS) is 9.00. The molecule has 0 bridgehead atoms. The van der Waals surface area contributed by atoms with Crippen molar-refractivity contribution in [3.63, 3.8) is 0 Å². The number of anilines is 4. The summed E-state index contributed by atoms with van der Waals surface area (Å²) in [6.07, 6.45) is 0. The number of nitrogen functional groups attached to an aromatic ring is 4. The minimum absolute atomic E-state index is 0.146. The highest BCUT2D eigenvalue weighted by Gasteiger charge is 1.87. The molecule has 6 heteroatoms. The van der Waals surface area contributed by atoms with Crippen LogP contribution in [0.3, 0.4) is 0 Å². The number of nitrogens with two attached hydrogens (primary N) is 4. The second-order valence-corrected chi connectivity index (χ2v) is 4.82. The number of para-hydroxylation sites is 2. The molecular formula is C18H22N4O2. The highest BCUT2D eigenvalue weighted by Crippen LogP contribution is 2.16. The molecular weight excluding hydrogens is 304 g/mol. The Balaban J connectivity index is 0.000000180. The van der Waals surface area contributed by atoms with E-state index >= 15 is 0 Å². The van der Waals surface area contributed by atoms with Crippen molar-refractivity contribution in [2.45, 2.75) is 0 Å². The van der Waals surface area contributed by atoms with Gasteiger partial charge in [0, 0.05) is 17.1 Å². The largest absolute Gasteiger partial charge is 0.508 e. The molecule has 0 aromatic heterocycles. The van der Waals surface area contributed by atoms with Crippen LogP contribution >= 0.6 is 0 Å². The average molecular weight is 326 g/mol. The number of hydrogen-bond donors (Lipinski definition) is 6. The van der Waals surface area contributed by atoms with E-state index in [2.05, 4.69) is 0 Å². The molecule has 126 valence electrons. The van der Waals surface area contributed by atoms with Gasteiger partial charge in [-0.1, -0.05) is 12.1 Å². The lowest BCUT2D eigenvalue weighted by Crippen LogP contribution is -1.86. The smallest absolute Gasteiger partial charge is 0.138 e. The van der Waals surface area contributed by atoms with Gasteiger partial charge in [-0.05, 0) is 60.7 Å². The van der Waals surface area contributed by atoms with Crippen LogP contribution < -0.4 is 22.9 Å². The summed E-state index contributed by atoms with van der Waals surface area (Å²) in [6, 6.07) is 20.2. The van der Waals surface area contributed by atoms with E-state index in [0.29, 0.717) is 11.4 Å². The summed E-state index contributed by atoms with van der Waals surface area (Å²) in [6.45, 7) is 0. The molecule has 0 aliphatic carbocycles. The summed E-state index contributed by atoms with van der Waals surface area (Å²) in [5, 5.41) is 17.5. The van der Waals surface area contributed by atoms with Crippen LogP contribution in [-0.4, -0.2) is 10.2 Å². The Bertz CT molecular complexity index is 622. The van der Waals surface area contributed by atoms with Crippen molar-refractivity contribution >= 4 is 22.7 Å². The maximum atomic E-state index is 8.79. The van der Waals surface area contributed by atoms with Crippen LogP contribution in [0.4, 0.5) is 22.7 Å². The van der Waals surface area contributed by atoms with Gasteiger partial charge in [0.05, 0.1) is 5.69 Å². The molecule has 0 amide bonds. The summed E-state index contributed by atoms with van der Waals surface area (Å²) in [7, 11) is 0. The monoisotopic (exact) mass is 326 g/mol. The molecule has 0 heterocycles. The van der Waals surface area contributed by atoms with Gasteiger partial charge in [0.25, 0.3) is 0 Å². The first-order valence-electron chi connectivity index (χ1n) is 7.07. The third kappa shape index (κ3) is 7.46. The number of aromatic hydroxyl groups is 2. The van der Waals surface area contributed by atoms with E-state index in [9.17, 15) is 0 Å². The third-order valence-corrected chi connectivity index (χ3v) is 2.77. The molecule has 0 fully saturated rings. The quantitative estimate of drug-likeness (QED) is 0.213. The predicted molar refractivity (Wildman–Crippen MR) is 100 cm³/mol. The number of phenolic OH excluding ortho intramolecular Hbond substituents is 2. The molecule has 0 spiro atoms. The lowest BCUT2D eigenvalue weighted by atomic mass is 10.3. The molecule has 0 aliphatic heterocycles. The standard InChI is InChI=1S/C6H8N2.2C6H7NO/c7-5-1-2-6(8)4-3-5;7-5-1-3-6(8)4-2-5;7-5-3-1-2-4-6(5)8/h1-4H,7-8H2;2*1-4,8H,7H2. The van der Waals surface area contributed by atoms with Crippen molar-refractivity contribution in [3.8, 4) is 11.5 Å². The fourth-order valence-corrected chi connectivity index (χ4v) is 1.46. The van der Waals surface area contributed by atoms with Crippen LogP contribution in [0.25, 0.3) is 0 Å². The maximum Gasteiger partial charge on any atom is 0.138 e. The zero-order valence-corrected chi connectivity index (χ0v) is 13.1. The van der Waals surface area contributed by atoms with Gasteiger partial charge in [0.2, 0.25) is 0 Å². The molecule has 0 atom stereocenters. The lowest BCUT2D eigenvalue weighted by Gasteiger charge is -1.92. The molecule has 3 rings (SSSR count). The van der Waals surface area contributed by atoms with Crippen molar-refractivity contribution in [1.82, 2.24) is 0 Å². The van der Waals surface area contributed by atoms with E-state index in [1.54, 1.807) is 72.8 Å². The van der Waals surface area contributed by atoms with Crippen molar-refractivity contribution in [2.24, 2.45) is 0 Å². The van der Waals surface area contributed by atoms with Gasteiger partial charge in [0.15, 0.2) is 0 Å². The zero-order valence-electron chi connectivity index (χ0n) is 13.1. The summed E-state index contributed by atoms with van der Waals surface area (Å²) >= 11 is 0. The van der Waals surface area contributed by atoms with E-state index in [1.165, 1.54) is 0 Å². The van der Waals surface area contributed by atoms with Gasteiger partial charge in [-0.25, -0.2) is 0 Å². The van der Waals surface area contributed by atoms with E-state index in [4.69, 9.17) is 33.1 Å². The minimum atomic E-state index is 0.146. The maximum absolute atomic E-state index is 8.79. The summed E-state index contributed by atoms with van der Waals surface area (Å²) in [4.78, 5) is 0. The van der Waals surface area contributed by atoms with Crippen molar-refractivity contribution in [1.29, 1.82) is 0 Å². The third-order valence-electron chi connectivity index (χ3n) is 2.77. The van der Waals surface area contributed by atoms with Crippen LogP contribution in [0.1, 0.15) is 0 Å². The van der Waals surface area contributed by atoms with Gasteiger partial charge < -0.3 is 33.1 Å². The first-order chi connectivity index (χ1) is 11.4. The van der Waals surface area contributed by atoms with Gasteiger partial charge >= 0.3 is 0 Å². The molecule has 0 radical (unpaired) electrons. The Hall–Kier alpha value is -3.54. The zero-order chi connectivity index (χ0) is 17.9. The first-order valence-corrected chi connectivity index (χ1v) is 7.07. The second kappa shape index (κ2) is 9.47. The summed E-state index contributed by atoms with van der Waals surface area (Å²) in [5.74, 6) is 0.395. The van der Waals surface area contributed by atoms with Crippen LogP contribution in [-0.2, 0) is 0 Å². The lowest BCUT2D eigenvalue weighted by molar-refractivity contribution is 0.475. The van der Waals surface area contributed by atoms with Crippen LogP contribution in [0.5, 0.6) is 11.5 Å². The highest BCUT2D eigenvalue weighted by atomic mass is 16.3. The number of benzene rings is 3. The second-order valence-electron chi connectivity index (χ2n) is 4.82. The molecule has 24 heavy (non-hydrogen) atoms. The topological polar surface area (TPSA) is 145 Å². The molecule has 0 aliphatic rings. The molecule has 3 aromatic rings. The van der Waals surface area contributed by atoms with Crippen molar-refractivity contribution in [3.05, 3.63) is 72.8 Å². The molecule has 0 saturated heterocycles. The van der Waals surface area contributed by atoms with Gasteiger partial charge in [-0.3, -0.25) is 0 Å². The highest BCUT2D eigenvalue weighted by molar-refractivity contribution is 5.50. The number of phenols is 2. The number of rotatable bonds is 0. The Morgan fingerprint density at radius 1 is 0.500 bits per heavy atom. The number of hydrogen-bond acceptors (Lipinski definition) is 6. The fraction of sp³-hybridized carbons (Fsp3) is 0. The van der Waals surface area contributed by atoms with Crippen LogP contribution in [0, 0.1) is 0 Å². The first kappa shape index (κ1) is 18.5. The minimum Gasteiger partial charge on any atom is -0.508 e. The Labute approximate surface area is 141 Å². The Morgan fingerprint density at radius 3 is 1.17 bits per heavy atom. The van der Waals surface area contributed by atoms with E-state index in [1.807, 2.05) is 0 Å². The predicted octanol–water partition coefficient (Wildman–Crippen LogP) is 2.80. The van der Waals surface area contributed by atoms with Crippen molar-refractivity contribution in [2.75, 3.05) is 22.9 Å². The summed E-state index contributed by atoms with van der Waals surface area (Å²) < 4.78 is 0. The SMILES string of the molecule is Nc1ccc(N)cc1.Nc1ccc(O)cc1.Nc1ccccc1O. The molecule has 0 saturated carbocycles. The van der Waals surface area contributed by atoms with Crippen molar-refractivity contribution < 1.29 is 10.2 Å². The Kier molecular flexibility index (Phi) is 7.30. The van der Waals surface area contributed by atoms with E-state index < -0.39 is 0 Å². The molecule has 6 nitrogen and oxygen atoms in total. The van der Waals surface area contributed by atoms with E-state index in [-0.39, 0.29) is 11.5 Å². The van der Waals surface area contributed by atoms with Gasteiger partial charge in [-0.2, -0.15) is 0 Å². The fourth-order valence-electron chi connectivity index (χ4n) is 1.46.